The molecule has 0 aromatic heterocycles. The van der Waals surface area contributed by atoms with Crippen LogP contribution in [-0.4, -0.2) is 99.5 Å². The molecule has 9 nitrogen and oxygen atoms in total. The van der Waals surface area contributed by atoms with Crippen molar-refractivity contribution in [3.63, 3.8) is 0 Å². The summed E-state index contributed by atoms with van der Waals surface area (Å²) in [5, 5.41) is -0.0245. The topological polar surface area (TPSA) is 91.4 Å². The number of hydrogen-bond donors (Lipinski definition) is 1. The van der Waals surface area contributed by atoms with Crippen LogP contribution in [0.2, 0.25) is 5.02 Å². The highest BCUT2D eigenvalue weighted by atomic mass is 35.5. The number of rotatable bonds is 6. The number of piperazine rings is 1. The standard InChI is InChI=1S/C44H63ClN4O5S/c1-7-22-54-44(28-47-20-21-49(30(2)3)32(5)25-47)19-8-10-31(4)33(6)55(51,52)46-42(50)35-13-17-41-40(24-35)48(26-36-12-15-39(36)44)27-43(29-53-41)18-9-11-34-23-37(45)14-16-38(34)43/h8,13-14,16-17,19,23-24,30-33,36,39H,7,9-12,15,18,20-22,25-29H2,1-6H3,(H,46,50)/b19-8-/t31-,32+,33+,36-,39+,43-,44-/m0/s1. The van der Waals surface area contributed by atoms with Gasteiger partial charge < -0.3 is 14.4 Å². The molecule has 302 valence electrons. The van der Waals surface area contributed by atoms with E-state index in [0.717, 1.165) is 94.3 Å². The second-order valence-electron chi connectivity index (χ2n) is 17.7. The molecule has 2 aromatic rings. The molecule has 5 aliphatic rings. The first kappa shape index (κ1) is 40.6. The highest BCUT2D eigenvalue weighted by molar-refractivity contribution is 7.90. The van der Waals surface area contributed by atoms with Gasteiger partial charge in [0.2, 0.25) is 10.0 Å². The van der Waals surface area contributed by atoms with Crippen LogP contribution < -0.4 is 14.4 Å². The summed E-state index contributed by atoms with van der Waals surface area (Å²) in [6.45, 7) is 19.2. The molecule has 7 rings (SSSR count). The Kier molecular flexibility index (Phi) is 12.0. The molecule has 1 amide bonds. The van der Waals surface area contributed by atoms with Gasteiger partial charge in [0.25, 0.3) is 5.91 Å². The Morgan fingerprint density at radius 3 is 2.62 bits per heavy atom. The summed E-state index contributed by atoms with van der Waals surface area (Å²) >= 11 is 6.53. The van der Waals surface area contributed by atoms with Crippen LogP contribution in [0.3, 0.4) is 0 Å². The van der Waals surface area contributed by atoms with Gasteiger partial charge in [0.1, 0.15) is 11.4 Å². The number of carbonyl (C=O) groups excluding carboxylic acids is 1. The molecule has 1 saturated carbocycles. The minimum absolute atomic E-state index is 0.217. The Balaban J connectivity index is 1.31. The molecule has 7 atom stereocenters. The molecule has 3 heterocycles. The second kappa shape index (κ2) is 16.3. The van der Waals surface area contributed by atoms with E-state index in [2.05, 4.69) is 71.4 Å². The summed E-state index contributed by atoms with van der Waals surface area (Å²) in [5.74, 6) is 0.508. The number of sulfonamides is 1. The van der Waals surface area contributed by atoms with Crippen LogP contribution >= 0.6 is 11.6 Å². The van der Waals surface area contributed by atoms with E-state index in [0.29, 0.717) is 43.2 Å². The van der Waals surface area contributed by atoms with Gasteiger partial charge in [-0.1, -0.05) is 43.7 Å². The number of ether oxygens (including phenoxy) is 2. The molecule has 2 fully saturated rings. The van der Waals surface area contributed by atoms with Crippen molar-refractivity contribution in [1.82, 2.24) is 14.5 Å². The number of aryl methyl sites for hydroxylation is 1. The molecule has 1 saturated heterocycles. The Morgan fingerprint density at radius 1 is 1.07 bits per heavy atom. The Hall–Kier alpha value is -2.63. The van der Waals surface area contributed by atoms with Crippen LogP contribution in [0.1, 0.15) is 102 Å². The van der Waals surface area contributed by atoms with Crippen LogP contribution in [0, 0.1) is 17.8 Å². The van der Waals surface area contributed by atoms with Crippen LogP contribution in [-0.2, 0) is 26.6 Å². The fourth-order valence-corrected chi connectivity index (χ4v) is 11.8. The zero-order valence-electron chi connectivity index (χ0n) is 33.9. The minimum atomic E-state index is -3.96. The van der Waals surface area contributed by atoms with Gasteiger partial charge in [-0.15, -0.1) is 0 Å². The number of amides is 1. The monoisotopic (exact) mass is 794 g/mol. The van der Waals surface area contributed by atoms with Crippen LogP contribution in [0.5, 0.6) is 5.75 Å². The van der Waals surface area contributed by atoms with Crippen molar-refractivity contribution in [3.8, 4) is 5.75 Å². The highest BCUT2D eigenvalue weighted by Crippen LogP contribution is 2.49. The number of hydrogen-bond acceptors (Lipinski definition) is 8. The molecule has 1 N–H and O–H groups in total. The summed E-state index contributed by atoms with van der Waals surface area (Å²) in [7, 11) is -3.96. The van der Waals surface area contributed by atoms with Crippen molar-refractivity contribution in [3.05, 3.63) is 70.3 Å². The van der Waals surface area contributed by atoms with E-state index in [4.69, 9.17) is 21.1 Å². The van der Waals surface area contributed by atoms with Crippen molar-refractivity contribution >= 4 is 33.2 Å². The lowest BCUT2D eigenvalue weighted by molar-refractivity contribution is -0.118. The zero-order valence-corrected chi connectivity index (χ0v) is 35.4. The normalized spacial score (nSPS) is 33.5. The van der Waals surface area contributed by atoms with Crippen molar-refractivity contribution in [2.75, 3.05) is 57.4 Å². The number of carbonyl (C=O) groups is 1. The second-order valence-corrected chi connectivity index (χ2v) is 20.2. The molecule has 3 aliphatic heterocycles. The lowest BCUT2D eigenvalue weighted by Crippen LogP contribution is -2.61. The SMILES string of the molecule is CCCO[C@]1(CN2CCN(C(C)C)[C@H](C)C2)/C=C\C[C@H](C)[C@@H](C)S(=O)(=O)NC(=O)c2ccc3c(c2)N(C[C@@H]2CC[C@H]21)C[C@@]1(CCCc2cc(Cl)ccc21)CO3. The number of anilines is 1. The molecule has 2 bridgehead atoms. The van der Waals surface area contributed by atoms with Gasteiger partial charge in [0.05, 0.1) is 17.5 Å². The van der Waals surface area contributed by atoms with Gasteiger partial charge in [-0.25, -0.2) is 13.1 Å². The number of nitrogens with zero attached hydrogens (tertiary/aromatic N) is 3. The summed E-state index contributed by atoms with van der Waals surface area (Å²) in [6.07, 6.45) is 11.1. The van der Waals surface area contributed by atoms with Gasteiger partial charge in [-0.05, 0) is 132 Å². The van der Waals surface area contributed by atoms with E-state index in [1.807, 2.05) is 25.1 Å². The van der Waals surface area contributed by atoms with Crippen molar-refractivity contribution in [1.29, 1.82) is 0 Å². The van der Waals surface area contributed by atoms with E-state index in [1.54, 1.807) is 13.0 Å². The molecule has 1 spiro atoms. The Labute approximate surface area is 335 Å². The molecule has 0 radical (unpaired) electrons. The lowest BCUT2D eigenvalue weighted by atomic mass is 9.63. The van der Waals surface area contributed by atoms with Crippen LogP contribution in [0.4, 0.5) is 5.69 Å². The number of nitrogens with one attached hydrogen (secondary N) is 1. The van der Waals surface area contributed by atoms with Gasteiger partial charge in [-0.3, -0.25) is 14.6 Å². The first-order valence-corrected chi connectivity index (χ1v) is 22.8. The van der Waals surface area contributed by atoms with E-state index < -0.39 is 26.8 Å². The van der Waals surface area contributed by atoms with Crippen molar-refractivity contribution in [2.24, 2.45) is 17.8 Å². The molecule has 0 unspecified atom stereocenters. The molecule has 2 aromatic carbocycles. The largest absolute Gasteiger partial charge is 0.490 e. The quantitative estimate of drug-likeness (QED) is 0.302. The predicted octanol–water partition coefficient (Wildman–Crippen LogP) is 7.46. The molecule has 11 heteroatoms. The number of fused-ring (bicyclic) bond motifs is 4. The van der Waals surface area contributed by atoms with Crippen molar-refractivity contribution in [2.45, 2.75) is 115 Å². The Morgan fingerprint density at radius 2 is 1.89 bits per heavy atom. The third-order valence-corrected chi connectivity index (χ3v) is 15.9. The van der Waals surface area contributed by atoms with Gasteiger partial charge in [0.15, 0.2) is 0 Å². The lowest BCUT2D eigenvalue weighted by Gasteiger charge is -2.53. The van der Waals surface area contributed by atoms with Crippen molar-refractivity contribution < 1.29 is 22.7 Å². The van der Waals surface area contributed by atoms with Gasteiger partial charge >= 0.3 is 0 Å². The molecule has 2 aliphatic carbocycles. The highest BCUT2D eigenvalue weighted by Gasteiger charge is 2.50. The molecule has 55 heavy (non-hydrogen) atoms. The maximum absolute atomic E-state index is 13.7. The number of allylic oxidation sites excluding steroid dienone is 1. The zero-order chi connectivity index (χ0) is 39.1. The minimum Gasteiger partial charge on any atom is -0.490 e. The van der Waals surface area contributed by atoms with Crippen LogP contribution in [0.25, 0.3) is 0 Å². The van der Waals surface area contributed by atoms with Gasteiger partial charge in [-0.2, -0.15) is 0 Å². The Bertz CT molecular complexity index is 1850. The summed E-state index contributed by atoms with van der Waals surface area (Å²) < 4.78 is 43.8. The number of halogens is 1. The summed E-state index contributed by atoms with van der Waals surface area (Å²) in [5.41, 5.74) is 2.94. The fraction of sp³-hybridized carbons (Fsp3) is 0.659. The fourth-order valence-electron chi connectivity index (χ4n) is 10.3. The average Bonchev–Trinajstić information content (AvgIpc) is 3.28. The van der Waals surface area contributed by atoms with E-state index in [9.17, 15) is 13.2 Å². The molecular formula is C44H63ClN4O5S. The van der Waals surface area contributed by atoms with E-state index >= 15 is 0 Å². The summed E-state index contributed by atoms with van der Waals surface area (Å²) in [4.78, 5) is 21.4. The predicted molar refractivity (Wildman–Crippen MR) is 222 cm³/mol. The maximum atomic E-state index is 13.7. The van der Waals surface area contributed by atoms with Gasteiger partial charge in [0, 0.05) is 74.0 Å². The third kappa shape index (κ3) is 8.23. The first-order chi connectivity index (χ1) is 26.2. The third-order valence-electron chi connectivity index (χ3n) is 13.7. The summed E-state index contributed by atoms with van der Waals surface area (Å²) in [6, 6.07) is 12.7. The maximum Gasteiger partial charge on any atom is 0.264 e. The van der Waals surface area contributed by atoms with E-state index in [-0.39, 0.29) is 17.3 Å². The van der Waals surface area contributed by atoms with Crippen LogP contribution in [0.15, 0.2) is 48.6 Å². The first-order valence-electron chi connectivity index (χ1n) is 20.9. The molecular weight excluding hydrogens is 732 g/mol. The van der Waals surface area contributed by atoms with E-state index in [1.165, 1.54) is 11.1 Å². The average molecular weight is 796 g/mol. The number of benzene rings is 2. The smallest absolute Gasteiger partial charge is 0.264 e.